The lowest BCUT2D eigenvalue weighted by atomic mass is 10.1. The Morgan fingerprint density at radius 2 is 2.06 bits per heavy atom. The molecular weight excluding hydrogens is 254 g/mol. The van der Waals surface area contributed by atoms with Crippen LogP contribution in [0.25, 0.3) is 0 Å². The topological polar surface area (TPSA) is 57.6 Å². The maximum atomic E-state index is 11.9. The van der Waals surface area contributed by atoms with Gasteiger partial charge in [0.1, 0.15) is 0 Å². The molecule has 0 atom stereocenters. The lowest BCUT2D eigenvalue weighted by Gasteiger charge is -2.20. The molecule has 0 radical (unpaired) electrons. The second kappa shape index (κ2) is 4.46. The molecule has 0 bridgehead atoms. The molecule has 2 rings (SSSR count). The van der Waals surface area contributed by atoms with Gasteiger partial charge in [-0.05, 0) is 31.5 Å². The van der Waals surface area contributed by atoms with Crippen LogP contribution in [-0.2, 0) is 9.59 Å². The number of benzene rings is 1. The summed E-state index contributed by atoms with van der Waals surface area (Å²) in [6, 6.07) is 5.21. The molecule has 1 aliphatic rings. The number of amides is 1. The third-order valence-corrected chi connectivity index (χ3v) is 3.25. The molecule has 94 valence electrons. The number of carbonyl (C=O) groups is 2. The highest BCUT2D eigenvalue weighted by Crippen LogP contribution is 2.33. The van der Waals surface area contributed by atoms with Crippen molar-refractivity contribution in [3.05, 3.63) is 40.1 Å². The first-order valence-corrected chi connectivity index (χ1v) is 5.81. The number of anilines is 1. The highest BCUT2D eigenvalue weighted by Gasteiger charge is 2.32. The maximum absolute atomic E-state index is 11.9. The van der Waals surface area contributed by atoms with Crippen molar-refractivity contribution in [2.45, 2.75) is 20.3 Å². The quantitative estimate of drug-likeness (QED) is 0.894. The molecule has 18 heavy (non-hydrogen) atoms. The van der Waals surface area contributed by atoms with Crippen molar-refractivity contribution in [2.24, 2.45) is 0 Å². The van der Waals surface area contributed by atoms with Gasteiger partial charge in [0.2, 0.25) is 5.91 Å². The maximum Gasteiger partial charge on any atom is 0.333 e. The number of halogens is 1. The molecule has 0 spiro atoms. The van der Waals surface area contributed by atoms with E-state index in [-0.39, 0.29) is 17.9 Å². The van der Waals surface area contributed by atoms with Gasteiger partial charge in [-0.25, -0.2) is 4.79 Å². The summed E-state index contributed by atoms with van der Waals surface area (Å²) in [4.78, 5) is 24.4. The Labute approximate surface area is 109 Å². The first kappa shape index (κ1) is 12.6. The van der Waals surface area contributed by atoms with Crippen molar-refractivity contribution in [3.8, 4) is 0 Å². The smallest absolute Gasteiger partial charge is 0.333 e. The summed E-state index contributed by atoms with van der Waals surface area (Å²) < 4.78 is 0. The molecule has 1 amide bonds. The fourth-order valence-electron chi connectivity index (χ4n) is 2.05. The van der Waals surface area contributed by atoms with Crippen LogP contribution in [0.5, 0.6) is 0 Å². The van der Waals surface area contributed by atoms with Gasteiger partial charge in [0.05, 0.1) is 17.7 Å². The summed E-state index contributed by atoms with van der Waals surface area (Å²) in [5.74, 6) is -1.29. The van der Waals surface area contributed by atoms with Gasteiger partial charge in [-0.15, -0.1) is 0 Å². The monoisotopic (exact) mass is 265 g/mol. The zero-order valence-corrected chi connectivity index (χ0v) is 10.8. The van der Waals surface area contributed by atoms with Crippen molar-refractivity contribution in [3.63, 3.8) is 0 Å². The summed E-state index contributed by atoms with van der Waals surface area (Å²) in [7, 11) is 0. The fraction of sp³-hybridized carbons (Fsp3) is 0.231. The standard InChI is InChI=1S/C13H12ClNO3/c1-7-3-4-9(14)5-11(7)15-8(2)10(13(17)18)6-12(15)16/h3-5H,6H2,1-2H3,(H,17,18). The third-order valence-electron chi connectivity index (χ3n) is 3.02. The van der Waals surface area contributed by atoms with Gasteiger partial charge >= 0.3 is 5.97 Å². The van der Waals surface area contributed by atoms with Crippen LogP contribution in [0.2, 0.25) is 5.02 Å². The molecule has 1 heterocycles. The average Bonchev–Trinajstić information content (AvgIpc) is 2.58. The van der Waals surface area contributed by atoms with Crippen molar-refractivity contribution < 1.29 is 14.7 Å². The molecule has 1 aromatic rings. The Morgan fingerprint density at radius 3 is 2.61 bits per heavy atom. The van der Waals surface area contributed by atoms with Crippen LogP contribution in [-0.4, -0.2) is 17.0 Å². The van der Waals surface area contributed by atoms with E-state index in [4.69, 9.17) is 16.7 Å². The number of hydrogen-bond donors (Lipinski definition) is 1. The zero-order chi connectivity index (χ0) is 13.4. The van der Waals surface area contributed by atoms with Crippen molar-refractivity contribution in [2.75, 3.05) is 4.90 Å². The van der Waals surface area contributed by atoms with Crippen molar-refractivity contribution in [1.29, 1.82) is 0 Å². The number of aryl methyl sites for hydroxylation is 1. The summed E-state index contributed by atoms with van der Waals surface area (Å²) in [5.41, 5.74) is 2.11. The highest BCUT2D eigenvalue weighted by atomic mass is 35.5. The molecule has 1 N–H and O–H groups in total. The van der Waals surface area contributed by atoms with Crippen LogP contribution in [0.3, 0.4) is 0 Å². The van der Waals surface area contributed by atoms with Crippen molar-refractivity contribution in [1.82, 2.24) is 0 Å². The second-order valence-corrected chi connectivity index (χ2v) is 4.64. The Morgan fingerprint density at radius 1 is 1.39 bits per heavy atom. The van der Waals surface area contributed by atoms with Gasteiger partial charge in [0.15, 0.2) is 0 Å². The molecule has 0 aliphatic carbocycles. The largest absolute Gasteiger partial charge is 0.478 e. The lowest BCUT2D eigenvalue weighted by molar-refractivity contribution is -0.133. The second-order valence-electron chi connectivity index (χ2n) is 4.21. The number of allylic oxidation sites excluding steroid dienone is 1. The first-order valence-electron chi connectivity index (χ1n) is 5.44. The molecule has 0 saturated carbocycles. The SMILES string of the molecule is CC1=C(C(=O)O)CC(=O)N1c1cc(Cl)ccc1C. The van der Waals surface area contributed by atoms with Gasteiger partial charge < -0.3 is 5.11 Å². The van der Waals surface area contributed by atoms with E-state index in [2.05, 4.69) is 0 Å². The Kier molecular flexibility index (Phi) is 3.13. The molecule has 0 aromatic heterocycles. The number of carboxylic acids is 1. The van der Waals surface area contributed by atoms with E-state index in [9.17, 15) is 9.59 Å². The van der Waals surface area contributed by atoms with Gasteiger partial charge in [-0.3, -0.25) is 9.69 Å². The summed E-state index contributed by atoms with van der Waals surface area (Å²) in [6.45, 7) is 3.49. The number of hydrogen-bond acceptors (Lipinski definition) is 2. The predicted octanol–water partition coefficient (Wildman–Crippen LogP) is 2.74. The Bertz CT molecular complexity index is 578. The summed E-state index contributed by atoms with van der Waals surface area (Å²) in [6.07, 6.45) is -0.0763. The van der Waals surface area contributed by atoms with Crippen LogP contribution < -0.4 is 4.90 Å². The van der Waals surface area contributed by atoms with Gasteiger partial charge in [0.25, 0.3) is 0 Å². The average molecular weight is 266 g/mol. The minimum atomic E-state index is -1.05. The van der Waals surface area contributed by atoms with E-state index in [0.29, 0.717) is 16.4 Å². The number of carbonyl (C=O) groups excluding carboxylic acids is 1. The van der Waals surface area contributed by atoms with Gasteiger partial charge in [-0.2, -0.15) is 0 Å². The molecule has 4 nitrogen and oxygen atoms in total. The van der Waals surface area contributed by atoms with E-state index in [1.54, 1.807) is 25.1 Å². The molecule has 5 heteroatoms. The fourth-order valence-corrected chi connectivity index (χ4v) is 2.22. The molecule has 1 aliphatic heterocycles. The molecule has 0 fully saturated rings. The normalized spacial score (nSPS) is 15.5. The Hall–Kier alpha value is -1.81. The third kappa shape index (κ3) is 1.99. The molecular formula is C13H12ClNO3. The van der Waals surface area contributed by atoms with Crippen molar-refractivity contribution >= 4 is 29.2 Å². The first-order chi connectivity index (χ1) is 8.41. The van der Waals surface area contributed by atoms with Gasteiger partial charge in [-0.1, -0.05) is 17.7 Å². The van der Waals surface area contributed by atoms with Crippen LogP contribution >= 0.6 is 11.6 Å². The van der Waals surface area contributed by atoms with Crippen LogP contribution in [0.4, 0.5) is 5.69 Å². The number of aliphatic carboxylic acids is 1. The molecule has 0 saturated heterocycles. The minimum absolute atomic E-state index is 0.0763. The van der Waals surface area contributed by atoms with E-state index in [1.807, 2.05) is 6.92 Å². The van der Waals surface area contributed by atoms with Crippen LogP contribution in [0.15, 0.2) is 29.5 Å². The molecule has 1 aromatic carbocycles. The molecule has 0 unspecified atom stereocenters. The van der Waals surface area contributed by atoms with Crippen LogP contribution in [0, 0.1) is 6.92 Å². The Balaban J connectivity index is 2.54. The highest BCUT2D eigenvalue weighted by molar-refractivity contribution is 6.31. The van der Waals surface area contributed by atoms with E-state index in [1.165, 1.54) is 4.90 Å². The lowest BCUT2D eigenvalue weighted by Crippen LogP contribution is -2.24. The van der Waals surface area contributed by atoms with E-state index < -0.39 is 5.97 Å². The van der Waals surface area contributed by atoms with Gasteiger partial charge in [0, 0.05) is 10.7 Å². The summed E-state index contributed by atoms with van der Waals surface area (Å²) in [5, 5.41) is 9.54. The summed E-state index contributed by atoms with van der Waals surface area (Å²) >= 11 is 5.92. The minimum Gasteiger partial charge on any atom is -0.478 e. The van der Waals surface area contributed by atoms with E-state index >= 15 is 0 Å². The predicted molar refractivity (Wildman–Crippen MR) is 68.6 cm³/mol. The zero-order valence-electron chi connectivity index (χ0n) is 10.0. The number of rotatable bonds is 2. The van der Waals surface area contributed by atoms with Crippen LogP contribution in [0.1, 0.15) is 18.9 Å². The van der Waals surface area contributed by atoms with E-state index in [0.717, 1.165) is 5.56 Å². The number of nitrogens with zero attached hydrogens (tertiary/aromatic N) is 1. The number of carboxylic acid groups (broad SMARTS) is 1.